The number of carbonyl (C=O) groups excluding carboxylic acids is 1. The highest BCUT2D eigenvalue weighted by molar-refractivity contribution is 9.10. The van der Waals surface area contributed by atoms with Crippen molar-refractivity contribution in [3.8, 4) is 5.75 Å². The van der Waals surface area contributed by atoms with E-state index in [1.165, 1.54) is 0 Å². The van der Waals surface area contributed by atoms with Gasteiger partial charge in [0.2, 0.25) is 0 Å². The van der Waals surface area contributed by atoms with Crippen molar-refractivity contribution < 1.29 is 17.9 Å². The first-order chi connectivity index (χ1) is 13.8. The average Bonchev–Trinajstić information content (AvgIpc) is 2.73. The van der Waals surface area contributed by atoms with Crippen LogP contribution < -0.4 is 4.74 Å². The minimum atomic E-state index is -3.76. The fraction of sp³-hybridized carbons (Fsp3) is 0.174. The Hall–Kier alpha value is -2.44. The van der Waals surface area contributed by atoms with E-state index in [0.717, 1.165) is 10.0 Å². The van der Waals surface area contributed by atoms with Crippen LogP contribution in [0.2, 0.25) is 0 Å². The highest BCUT2D eigenvalue weighted by atomic mass is 79.9. The zero-order chi connectivity index (χ0) is 21.0. The summed E-state index contributed by atoms with van der Waals surface area (Å²) >= 11 is 3.37. The maximum atomic E-state index is 13.4. The van der Waals surface area contributed by atoms with Gasteiger partial charge in [0.05, 0.1) is 17.3 Å². The second-order valence-electron chi connectivity index (χ2n) is 6.75. The van der Waals surface area contributed by atoms with Gasteiger partial charge in [0, 0.05) is 16.5 Å². The van der Waals surface area contributed by atoms with E-state index in [-0.39, 0.29) is 17.1 Å². The van der Waals surface area contributed by atoms with Crippen LogP contribution in [0.4, 0.5) is 0 Å². The van der Waals surface area contributed by atoms with Crippen LogP contribution in [0.5, 0.6) is 5.75 Å². The van der Waals surface area contributed by atoms with Gasteiger partial charge >= 0.3 is 0 Å². The second kappa shape index (κ2) is 8.93. The van der Waals surface area contributed by atoms with Crippen LogP contribution in [0.3, 0.4) is 0 Å². The van der Waals surface area contributed by atoms with Crippen molar-refractivity contribution in [1.29, 1.82) is 0 Å². The van der Waals surface area contributed by atoms with Gasteiger partial charge in [-0.05, 0) is 61.0 Å². The quantitative estimate of drug-likeness (QED) is 0.422. The number of aryl methyl sites for hydroxylation is 1. The zero-order valence-electron chi connectivity index (χ0n) is 16.1. The molecule has 0 heterocycles. The lowest BCUT2D eigenvalue weighted by molar-refractivity contribution is 0.0980. The number of ketones is 1. The highest BCUT2D eigenvalue weighted by Crippen LogP contribution is 2.34. The highest BCUT2D eigenvalue weighted by Gasteiger charge is 2.31. The first-order valence-electron chi connectivity index (χ1n) is 9.04. The van der Waals surface area contributed by atoms with Crippen molar-refractivity contribution in [1.82, 2.24) is 0 Å². The molecule has 0 saturated carbocycles. The van der Waals surface area contributed by atoms with E-state index < -0.39 is 15.1 Å². The van der Waals surface area contributed by atoms with Crippen LogP contribution in [0.1, 0.15) is 33.2 Å². The normalized spacial score (nSPS) is 12.4. The lowest BCUT2D eigenvalue weighted by Crippen LogP contribution is -2.18. The van der Waals surface area contributed by atoms with Gasteiger partial charge in [0.25, 0.3) is 0 Å². The fourth-order valence-corrected chi connectivity index (χ4v) is 5.03. The summed E-state index contributed by atoms with van der Waals surface area (Å²) in [5.41, 5.74) is 2.00. The molecule has 0 aliphatic heterocycles. The number of methoxy groups -OCH3 is 1. The summed E-state index contributed by atoms with van der Waals surface area (Å²) in [6.45, 7) is 1.90. The van der Waals surface area contributed by atoms with Crippen LogP contribution in [0.25, 0.3) is 0 Å². The molecule has 0 spiro atoms. The molecule has 0 aliphatic carbocycles. The summed E-state index contributed by atoms with van der Waals surface area (Å²) in [6.07, 6.45) is -0.149. The van der Waals surface area contributed by atoms with E-state index in [0.29, 0.717) is 16.9 Å². The third-order valence-corrected chi connectivity index (χ3v) is 7.39. The topological polar surface area (TPSA) is 60.4 Å². The zero-order valence-corrected chi connectivity index (χ0v) is 18.5. The number of carbonyl (C=O) groups is 1. The standard InChI is InChI=1S/C23H21BrO4S/c1-16-3-13-21(14-4-16)29(26,27)23(18-5-9-19(24)10-6-18)15-22(25)17-7-11-20(28-2)12-8-17/h3-14,23H,15H2,1-2H3/t23-/m0/s1. The Morgan fingerprint density at radius 2 is 1.52 bits per heavy atom. The molecule has 4 nitrogen and oxygen atoms in total. The third-order valence-electron chi connectivity index (χ3n) is 4.75. The molecule has 6 heteroatoms. The van der Waals surface area contributed by atoms with E-state index in [4.69, 9.17) is 4.74 Å². The van der Waals surface area contributed by atoms with Crippen LogP contribution in [0.15, 0.2) is 82.2 Å². The van der Waals surface area contributed by atoms with Gasteiger partial charge in [0.1, 0.15) is 5.75 Å². The summed E-state index contributed by atoms with van der Waals surface area (Å²) in [7, 11) is -2.21. The van der Waals surface area contributed by atoms with E-state index in [9.17, 15) is 13.2 Å². The van der Waals surface area contributed by atoms with Crippen molar-refractivity contribution in [3.05, 3.63) is 94.0 Å². The lowest BCUT2D eigenvalue weighted by Gasteiger charge is -2.18. The van der Waals surface area contributed by atoms with E-state index in [1.54, 1.807) is 79.9 Å². The van der Waals surface area contributed by atoms with Crippen molar-refractivity contribution in [2.45, 2.75) is 23.5 Å². The Morgan fingerprint density at radius 3 is 2.07 bits per heavy atom. The van der Waals surface area contributed by atoms with Crippen molar-refractivity contribution in [2.24, 2.45) is 0 Å². The molecule has 1 atom stereocenters. The molecule has 0 amide bonds. The molecule has 150 valence electrons. The lowest BCUT2D eigenvalue weighted by atomic mass is 10.0. The molecule has 29 heavy (non-hydrogen) atoms. The average molecular weight is 473 g/mol. The summed E-state index contributed by atoms with van der Waals surface area (Å²) < 4.78 is 32.8. The predicted octanol–water partition coefficient (Wildman–Crippen LogP) is 5.55. The summed E-state index contributed by atoms with van der Waals surface area (Å²) in [5, 5.41) is -0.979. The van der Waals surface area contributed by atoms with Crippen molar-refractivity contribution >= 4 is 31.6 Å². The Morgan fingerprint density at radius 1 is 0.931 bits per heavy atom. The molecule has 3 rings (SSSR count). The Balaban J connectivity index is 1.99. The second-order valence-corrected chi connectivity index (χ2v) is 9.80. The molecule has 0 unspecified atom stereocenters. The summed E-state index contributed by atoms with van der Waals surface area (Å²) in [5.74, 6) is 0.398. The Labute approximate surface area is 179 Å². The Bertz CT molecular complexity index is 1090. The van der Waals surface area contributed by atoms with Gasteiger partial charge in [-0.2, -0.15) is 0 Å². The third kappa shape index (κ3) is 4.95. The van der Waals surface area contributed by atoms with Gasteiger partial charge in [0.15, 0.2) is 15.6 Å². The molecular formula is C23H21BrO4S. The first kappa shape index (κ1) is 21.3. The van der Waals surface area contributed by atoms with Crippen LogP contribution >= 0.6 is 15.9 Å². The molecular weight excluding hydrogens is 452 g/mol. The minimum absolute atomic E-state index is 0.149. The molecule has 0 saturated heterocycles. The molecule has 0 N–H and O–H groups in total. The maximum Gasteiger partial charge on any atom is 0.185 e. The number of ether oxygens (including phenoxy) is 1. The Kier molecular flexibility index (Phi) is 6.55. The van der Waals surface area contributed by atoms with Crippen LogP contribution in [-0.2, 0) is 9.84 Å². The smallest absolute Gasteiger partial charge is 0.185 e. The van der Waals surface area contributed by atoms with Gasteiger partial charge in [-0.25, -0.2) is 8.42 Å². The number of halogens is 1. The summed E-state index contributed by atoms with van der Waals surface area (Å²) in [6, 6.07) is 20.4. The predicted molar refractivity (Wildman–Crippen MR) is 117 cm³/mol. The molecule has 3 aromatic rings. The van der Waals surface area contributed by atoms with Crippen molar-refractivity contribution in [3.63, 3.8) is 0 Å². The molecule has 3 aromatic carbocycles. The molecule has 0 aliphatic rings. The maximum absolute atomic E-state index is 13.4. The van der Waals surface area contributed by atoms with Crippen LogP contribution in [0, 0.1) is 6.92 Å². The summed E-state index contributed by atoms with van der Waals surface area (Å²) in [4.78, 5) is 13.1. The monoisotopic (exact) mass is 472 g/mol. The van der Waals surface area contributed by atoms with Crippen molar-refractivity contribution in [2.75, 3.05) is 7.11 Å². The minimum Gasteiger partial charge on any atom is -0.497 e. The molecule has 0 bridgehead atoms. The number of Topliss-reactive ketones (excluding diaryl/α,β-unsaturated/α-hetero) is 1. The van der Waals surface area contributed by atoms with E-state index in [1.807, 2.05) is 6.92 Å². The van der Waals surface area contributed by atoms with Gasteiger partial charge < -0.3 is 4.74 Å². The van der Waals surface area contributed by atoms with E-state index in [2.05, 4.69) is 15.9 Å². The number of rotatable bonds is 7. The van der Waals surface area contributed by atoms with Crippen LogP contribution in [-0.4, -0.2) is 21.3 Å². The molecule has 0 aromatic heterocycles. The SMILES string of the molecule is COc1ccc(C(=O)C[C@@H](c2ccc(Br)cc2)S(=O)(=O)c2ccc(C)cc2)cc1. The molecule has 0 radical (unpaired) electrons. The molecule has 0 fully saturated rings. The first-order valence-corrected chi connectivity index (χ1v) is 11.4. The number of sulfone groups is 1. The fourth-order valence-electron chi connectivity index (χ4n) is 3.04. The van der Waals surface area contributed by atoms with Gasteiger partial charge in [-0.1, -0.05) is 45.8 Å². The number of hydrogen-bond acceptors (Lipinski definition) is 4. The largest absolute Gasteiger partial charge is 0.497 e. The number of benzene rings is 3. The van der Waals surface area contributed by atoms with E-state index >= 15 is 0 Å². The number of hydrogen-bond donors (Lipinski definition) is 0. The van der Waals surface area contributed by atoms with Gasteiger partial charge in [-0.15, -0.1) is 0 Å². The van der Waals surface area contributed by atoms with Gasteiger partial charge in [-0.3, -0.25) is 4.79 Å².